The summed E-state index contributed by atoms with van der Waals surface area (Å²) in [6.07, 6.45) is 0. The lowest BCUT2D eigenvalue weighted by atomic mass is 10.2. The Kier molecular flexibility index (Phi) is 7.06. The summed E-state index contributed by atoms with van der Waals surface area (Å²) in [6.45, 7) is 6.58. The molecule has 0 unspecified atom stereocenters. The highest BCUT2D eigenvalue weighted by Gasteiger charge is 2.13. The molecule has 0 atom stereocenters. The van der Waals surface area contributed by atoms with Crippen LogP contribution in [0.25, 0.3) is 0 Å². The lowest BCUT2D eigenvalue weighted by Crippen LogP contribution is -2.42. The van der Waals surface area contributed by atoms with Crippen molar-refractivity contribution in [2.75, 3.05) is 25.0 Å². The first-order valence-electron chi connectivity index (χ1n) is 7.26. The highest BCUT2D eigenvalue weighted by atomic mass is 16.2. The molecule has 1 aromatic carbocycles. The SMILES string of the molecule is CCN(CC(=O)Nc1cccc(C#N)c1)CC(=O)NC(C)C. The van der Waals surface area contributed by atoms with Gasteiger partial charge in [-0.25, -0.2) is 0 Å². The van der Waals surface area contributed by atoms with E-state index in [0.717, 1.165) is 0 Å². The fraction of sp³-hybridized carbons (Fsp3) is 0.438. The van der Waals surface area contributed by atoms with Gasteiger partial charge in [-0.15, -0.1) is 0 Å². The molecule has 2 amide bonds. The maximum atomic E-state index is 12.0. The van der Waals surface area contributed by atoms with Gasteiger partial charge in [0, 0.05) is 11.7 Å². The van der Waals surface area contributed by atoms with Crippen LogP contribution in [0.15, 0.2) is 24.3 Å². The molecule has 1 rings (SSSR count). The molecule has 0 aliphatic carbocycles. The van der Waals surface area contributed by atoms with E-state index in [2.05, 4.69) is 10.6 Å². The molecule has 22 heavy (non-hydrogen) atoms. The summed E-state index contributed by atoms with van der Waals surface area (Å²) >= 11 is 0. The lowest BCUT2D eigenvalue weighted by Gasteiger charge is -2.20. The molecule has 0 radical (unpaired) electrons. The van der Waals surface area contributed by atoms with Gasteiger partial charge in [-0.2, -0.15) is 5.26 Å². The molecule has 0 saturated heterocycles. The second-order valence-corrected chi connectivity index (χ2v) is 5.27. The van der Waals surface area contributed by atoms with Crippen molar-refractivity contribution >= 4 is 17.5 Å². The molecule has 0 saturated carbocycles. The third kappa shape index (κ3) is 6.37. The van der Waals surface area contributed by atoms with Crippen LogP contribution in [-0.2, 0) is 9.59 Å². The van der Waals surface area contributed by atoms with Gasteiger partial charge in [0.25, 0.3) is 0 Å². The van der Waals surface area contributed by atoms with E-state index in [-0.39, 0.29) is 30.9 Å². The van der Waals surface area contributed by atoms with E-state index in [1.807, 2.05) is 26.8 Å². The first kappa shape index (κ1) is 17.7. The molecule has 0 heterocycles. The molecule has 0 aliphatic rings. The summed E-state index contributed by atoms with van der Waals surface area (Å²) < 4.78 is 0. The van der Waals surface area contributed by atoms with Crippen LogP contribution in [0.2, 0.25) is 0 Å². The van der Waals surface area contributed by atoms with Crippen molar-refractivity contribution < 1.29 is 9.59 Å². The van der Waals surface area contributed by atoms with Crippen LogP contribution in [0.3, 0.4) is 0 Å². The minimum absolute atomic E-state index is 0.0776. The minimum atomic E-state index is -0.214. The summed E-state index contributed by atoms with van der Waals surface area (Å²) in [5, 5.41) is 14.4. The van der Waals surface area contributed by atoms with E-state index in [0.29, 0.717) is 17.8 Å². The van der Waals surface area contributed by atoms with Crippen LogP contribution < -0.4 is 10.6 Å². The molecule has 0 fully saturated rings. The van der Waals surface area contributed by atoms with Crippen molar-refractivity contribution in [2.24, 2.45) is 0 Å². The zero-order valence-electron chi connectivity index (χ0n) is 13.2. The number of hydrogen-bond donors (Lipinski definition) is 2. The zero-order valence-corrected chi connectivity index (χ0v) is 13.2. The van der Waals surface area contributed by atoms with Gasteiger partial charge in [0.1, 0.15) is 0 Å². The maximum absolute atomic E-state index is 12.0. The monoisotopic (exact) mass is 302 g/mol. The number of anilines is 1. The second-order valence-electron chi connectivity index (χ2n) is 5.27. The molecule has 6 heteroatoms. The molecule has 6 nitrogen and oxygen atoms in total. The van der Waals surface area contributed by atoms with Crippen LogP contribution in [0.5, 0.6) is 0 Å². The number of nitriles is 1. The van der Waals surface area contributed by atoms with Gasteiger partial charge in [0.15, 0.2) is 0 Å². The van der Waals surface area contributed by atoms with Gasteiger partial charge < -0.3 is 10.6 Å². The van der Waals surface area contributed by atoms with Gasteiger partial charge in [0.05, 0.1) is 24.7 Å². The number of nitrogens with zero attached hydrogens (tertiary/aromatic N) is 2. The fourth-order valence-corrected chi connectivity index (χ4v) is 1.92. The van der Waals surface area contributed by atoms with E-state index in [1.54, 1.807) is 29.2 Å². The van der Waals surface area contributed by atoms with Gasteiger partial charge in [-0.3, -0.25) is 14.5 Å². The van der Waals surface area contributed by atoms with E-state index >= 15 is 0 Å². The molecule has 2 N–H and O–H groups in total. The first-order valence-corrected chi connectivity index (χ1v) is 7.26. The molecule has 0 aromatic heterocycles. The van der Waals surface area contributed by atoms with Crippen molar-refractivity contribution in [2.45, 2.75) is 26.8 Å². The Labute approximate surface area is 131 Å². The largest absolute Gasteiger partial charge is 0.353 e. The van der Waals surface area contributed by atoms with Gasteiger partial charge in [0.2, 0.25) is 11.8 Å². The van der Waals surface area contributed by atoms with Gasteiger partial charge in [-0.05, 0) is 38.6 Å². The zero-order chi connectivity index (χ0) is 16.5. The molecular formula is C16H22N4O2. The molecule has 118 valence electrons. The normalized spacial score (nSPS) is 10.4. The summed E-state index contributed by atoms with van der Waals surface area (Å²) in [5.74, 6) is -0.314. The number of carbonyl (C=O) groups excluding carboxylic acids is 2. The number of benzene rings is 1. The first-order chi connectivity index (χ1) is 10.4. The number of hydrogen-bond acceptors (Lipinski definition) is 4. The molecule has 1 aromatic rings. The topological polar surface area (TPSA) is 85.2 Å². The highest BCUT2D eigenvalue weighted by molar-refractivity contribution is 5.92. The summed E-state index contributed by atoms with van der Waals surface area (Å²) in [5.41, 5.74) is 1.06. The predicted octanol–water partition coefficient (Wildman–Crippen LogP) is 1.34. The number of amides is 2. The fourth-order valence-electron chi connectivity index (χ4n) is 1.92. The predicted molar refractivity (Wildman–Crippen MR) is 85.2 cm³/mol. The van der Waals surface area contributed by atoms with E-state index in [9.17, 15) is 9.59 Å². The second kappa shape index (κ2) is 8.80. The van der Waals surface area contributed by atoms with Crippen molar-refractivity contribution in [1.29, 1.82) is 5.26 Å². The number of likely N-dealkylation sites (N-methyl/N-ethyl adjacent to an activating group) is 1. The van der Waals surface area contributed by atoms with E-state index in [1.165, 1.54) is 0 Å². The smallest absolute Gasteiger partial charge is 0.238 e. The van der Waals surface area contributed by atoms with Crippen molar-refractivity contribution in [3.8, 4) is 6.07 Å². The third-order valence-corrected chi connectivity index (χ3v) is 2.91. The van der Waals surface area contributed by atoms with E-state index < -0.39 is 0 Å². The Hall–Kier alpha value is -2.39. The Bertz CT molecular complexity index is 564. The number of rotatable bonds is 7. The molecule has 0 aliphatic heterocycles. The Balaban J connectivity index is 2.54. The average Bonchev–Trinajstić information content (AvgIpc) is 2.45. The molecular weight excluding hydrogens is 280 g/mol. The Morgan fingerprint density at radius 1 is 1.27 bits per heavy atom. The Morgan fingerprint density at radius 3 is 2.55 bits per heavy atom. The maximum Gasteiger partial charge on any atom is 0.238 e. The van der Waals surface area contributed by atoms with Crippen molar-refractivity contribution in [3.05, 3.63) is 29.8 Å². The third-order valence-electron chi connectivity index (χ3n) is 2.91. The molecule has 0 bridgehead atoms. The Morgan fingerprint density at radius 2 is 1.95 bits per heavy atom. The van der Waals surface area contributed by atoms with Crippen molar-refractivity contribution in [1.82, 2.24) is 10.2 Å². The van der Waals surface area contributed by atoms with Gasteiger partial charge in [-0.1, -0.05) is 13.0 Å². The minimum Gasteiger partial charge on any atom is -0.353 e. The standard InChI is InChI=1S/C16H22N4O2/c1-4-20(10-15(21)18-12(2)3)11-16(22)19-14-7-5-6-13(8-14)9-17/h5-8,12H,4,10-11H2,1-3H3,(H,18,21)(H,19,22). The average molecular weight is 302 g/mol. The summed E-state index contributed by atoms with van der Waals surface area (Å²) in [4.78, 5) is 25.5. The van der Waals surface area contributed by atoms with E-state index in [4.69, 9.17) is 5.26 Å². The number of nitrogens with one attached hydrogen (secondary N) is 2. The summed E-state index contributed by atoms with van der Waals surface area (Å²) in [7, 11) is 0. The van der Waals surface area contributed by atoms with Crippen LogP contribution in [0.1, 0.15) is 26.3 Å². The van der Waals surface area contributed by atoms with Crippen LogP contribution in [0.4, 0.5) is 5.69 Å². The summed E-state index contributed by atoms with van der Waals surface area (Å²) in [6, 6.07) is 8.81. The number of carbonyl (C=O) groups is 2. The van der Waals surface area contributed by atoms with Crippen LogP contribution in [0, 0.1) is 11.3 Å². The van der Waals surface area contributed by atoms with Crippen LogP contribution in [-0.4, -0.2) is 42.4 Å². The highest BCUT2D eigenvalue weighted by Crippen LogP contribution is 2.09. The van der Waals surface area contributed by atoms with Gasteiger partial charge >= 0.3 is 0 Å². The lowest BCUT2D eigenvalue weighted by molar-refractivity contribution is -0.123. The van der Waals surface area contributed by atoms with Crippen LogP contribution >= 0.6 is 0 Å². The molecule has 0 spiro atoms. The quantitative estimate of drug-likeness (QED) is 0.796. The van der Waals surface area contributed by atoms with Crippen molar-refractivity contribution in [3.63, 3.8) is 0 Å².